The SMILES string of the molecule is CN=C(NCCc1cn2cccc(C)c2n1)NC(C)COC.I. The van der Waals surface area contributed by atoms with E-state index in [9.17, 15) is 0 Å². The summed E-state index contributed by atoms with van der Waals surface area (Å²) in [6.07, 6.45) is 4.95. The van der Waals surface area contributed by atoms with Crippen molar-refractivity contribution in [3.63, 3.8) is 0 Å². The number of methoxy groups -OCH3 is 1. The first kappa shape index (κ1) is 19.7. The molecule has 0 aromatic carbocycles. The van der Waals surface area contributed by atoms with Gasteiger partial charge in [0.05, 0.1) is 12.3 Å². The molecule has 2 heterocycles. The molecule has 2 N–H and O–H groups in total. The number of ether oxygens (including phenoxy) is 1. The number of imidazole rings is 1. The number of aryl methyl sites for hydroxylation is 1. The number of pyridine rings is 1. The third-order valence-electron chi connectivity index (χ3n) is 3.42. The Bertz CT molecular complexity index is 640. The van der Waals surface area contributed by atoms with Crippen molar-refractivity contribution < 1.29 is 4.74 Å². The Labute approximate surface area is 154 Å². The summed E-state index contributed by atoms with van der Waals surface area (Å²) in [4.78, 5) is 8.88. The first-order valence-electron chi connectivity index (χ1n) is 7.53. The van der Waals surface area contributed by atoms with Crippen molar-refractivity contribution in [2.24, 2.45) is 4.99 Å². The van der Waals surface area contributed by atoms with Crippen LogP contribution in [0.15, 0.2) is 29.5 Å². The van der Waals surface area contributed by atoms with Crippen LogP contribution in [0.2, 0.25) is 0 Å². The van der Waals surface area contributed by atoms with E-state index in [0.29, 0.717) is 6.61 Å². The highest BCUT2D eigenvalue weighted by Gasteiger charge is 2.06. The van der Waals surface area contributed by atoms with Gasteiger partial charge in [0, 0.05) is 45.6 Å². The largest absolute Gasteiger partial charge is 0.383 e. The zero-order valence-electron chi connectivity index (χ0n) is 14.2. The van der Waals surface area contributed by atoms with E-state index < -0.39 is 0 Å². The fourth-order valence-electron chi connectivity index (χ4n) is 2.35. The lowest BCUT2D eigenvalue weighted by Crippen LogP contribution is -2.44. The van der Waals surface area contributed by atoms with Crippen molar-refractivity contribution >= 4 is 35.6 Å². The number of aliphatic imine (C=N–C) groups is 1. The Morgan fingerprint density at radius 2 is 2.26 bits per heavy atom. The second-order valence-electron chi connectivity index (χ2n) is 5.40. The fraction of sp³-hybridized carbons (Fsp3) is 0.500. The number of guanidine groups is 1. The number of hydrogen-bond donors (Lipinski definition) is 2. The first-order chi connectivity index (χ1) is 10.6. The van der Waals surface area contributed by atoms with E-state index in [0.717, 1.165) is 30.3 Å². The lowest BCUT2D eigenvalue weighted by Gasteiger charge is -2.16. The maximum absolute atomic E-state index is 5.11. The van der Waals surface area contributed by atoms with Crippen LogP contribution in [0.5, 0.6) is 0 Å². The third-order valence-corrected chi connectivity index (χ3v) is 3.42. The summed E-state index contributed by atoms with van der Waals surface area (Å²) in [7, 11) is 3.46. The van der Waals surface area contributed by atoms with Gasteiger partial charge in [-0.25, -0.2) is 4.98 Å². The molecule has 0 fully saturated rings. The lowest BCUT2D eigenvalue weighted by atomic mass is 10.3. The molecule has 2 rings (SSSR count). The van der Waals surface area contributed by atoms with Gasteiger partial charge in [-0.05, 0) is 25.5 Å². The van der Waals surface area contributed by atoms with Gasteiger partial charge < -0.3 is 19.8 Å². The van der Waals surface area contributed by atoms with Crippen LogP contribution in [0.3, 0.4) is 0 Å². The molecule has 0 saturated heterocycles. The average molecular weight is 431 g/mol. The van der Waals surface area contributed by atoms with E-state index >= 15 is 0 Å². The smallest absolute Gasteiger partial charge is 0.191 e. The topological polar surface area (TPSA) is 63.0 Å². The van der Waals surface area contributed by atoms with Crippen LogP contribution >= 0.6 is 24.0 Å². The summed E-state index contributed by atoms with van der Waals surface area (Å²) >= 11 is 0. The molecule has 2 aromatic heterocycles. The summed E-state index contributed by atoms with van der Waals surface area (Å²) in [6, 6.07) is 4.33. The molecule has 0 saturated carbocycles. The van der Waals surface area contributed by atoms with E-state index in [-0.39, 0.29) is 30.0 Å². The Morgan fingerprint density at radius 3 is 2.91 bits per heavy atom. The number of hydrogen-bond acceptors (Lipinski definition) is 3. The van der Waals surface area contributed by atoms with E-state index in [2.05, 4.69) is 51.1 Å². The molecule has 0 aliphatic carbocycles. The van der Waals surface area contributed by atoms with Crippen molar-refractivity contribution in [3.05, 3.63) is 35.8 Å². The number of nitrogens with zero attached hydrogens (tertiary/aromatic N) is 3. The Kier molecular flexibility index (Phi) is 8.32. The predicted octanol–water partition coefficient (Wildman–Crippen LogP) is 2.00. The molecular weight excluding hydrogens is 405 g/mol. The number of nitrogens with one attached hydrogen (secondary N) is 2. The minimum absolute atomic E-state index is 0. The number of rotatable bonds is 6. The van der Waals surface area contributed by atoms with Crippen molar-refractivity contribution in [2.45, 2.75) is 26.3 Å². The van der Waals surface area contributed by atoms with E-state index in [4.69, 9.17) is 4.74 Å². The summed E-state index contributed by atoms with van der Waals surface area (Å²) in [6.45, 7) is 5.56. The van der Waals surface area contributed by atoms with Gasteiger partial charge >= 0.3 is 0 Å². The van der Waals surface area contributed by atoms with Gasteiger partial charge in [0.1, 0.15) is 5.65 Å². The molecule has 0 amide bonds. The van der Waals surface area contributed by atoms with Crippen LogP contribution in [0.25, 0.3) is 5.65 Å². The Balaban J connectivity index is 0.00000264. The van der Waals surface area contributed by atoms with E-state index in [1.807, 2.05) is 12.3 Å². The molecule has 1 atom stereocenters. The van der Waals surface area contributed by atoms with Crippen LogP contribution in [-0.2, 0) is 11.2 Å². The van der Waals surface area contributed by atoms with Crippen molar-refractivity contribution in [2.75, 3.05) is 27.3 Å². The third kappa shape index (κ3) is 5.65. The maximum atomic E-state index is 5.11. The zero-order valence-corrected chi connectivity index (χ0v) is 16.5. The second kappa shape index (κ2) is 9.71. The quantitative estimate of drug-likeness (QED) is 0.418. The summed E-state index contributed by atoms with van der Waals surface area (Å²) in [5.41, 5.74) is 3.28. The summed E-state index contributed by atoms with van der Waals surface area (Å²) in [5, 5.41) is 6.58. The highest BCUT2D eigenvalue weighted by molar-refractivity contribution is 14.0. The monoisotopic (exact) mass is 431 g/mol. The molecule has 0 bridgehead atoms. The molecule has 6 nitrogen and oxygen atoms in total. The molecule has 0 aliphatic heterocycles. The molecule has 0 spiro atoms. The molecule has 7 heteroatoms. The average Bonchev–Trinajstić information content (AvgIpc) is 2.91. The lowest BCUT2D eigenvalue weighted by molar-refractivity contribution is 0.179. The minimum Gasteiger partial charge on any atom is -0.383 e. The van der Waals surface area contributed by atoms with Gasteiger partial charge in [-0.1, -0.05) is 6.07 Å². The van der Waals surface area contributed by atoms with Crippen LogP contribution < -0.4 is 10.6 Å². The van der Waals surface area contributed by atoms with Crippen molar-refractivity contribution in [3.8, 4) is 0 Å². The van der Waals surface area contributed by atoms with E-state index in [1.165, 1.54) is 5.56 Å². The highest BCUT2D eigenvalue weighted by atomic mass is 127. The van der Waals surface area contributed by atoms with Gasteiger partial charge in [-0.15, -0.1) is 24.0 Å². The van der Waals surface area contributed by atoms with Crippen LogP contribution in [0.1, 0.15) is 18.2 Å². The molecular formula is C16H26IN5O. The minimum atomic E-state index is 0. The van der Waals surface area contributed by atoms with Gasteiger partial charge in [-0.2, -0.15) is 0 Å². The summed E-state index contributed by atoms with van der Waals surface area (Å²) in [5.74, 6) is 0.782. The highest BCUT2D eigenvalue weighted by Crippen LogP contribution is 2.09. The Hall–Kier alpha value is -1.35. The first-order valence-corrected chi connectivity index (χ1v) is 7.53. The number of halogens is 1. The molecule has 23 heavy (non-hydrogen) atoms. The van der Waals surface area contributed by atoms with Crippen LogP contribution in [0.4, 0.5) is 0 Å². The molecule has 1 unspecified atom stereocenters. The summed E-state index contributed by atoms with van der Waals surface area (Å²) < 4.78 is 7.18. The normalized spacial score (nSPS) is 12.8. The number of aromatic nitrogens is 2. The van der Waals surface area contributed by atoms with Crippen molar-refractivity contribution in [1.82, 2.24) is 20.0 Å². The standard InChI is InChI=1S/C16H25N5O.HI/c1-12-6-5-9-21-10-14(20-15(12)21)7-8-18-16(17-3)19-13(2)11-22-4;/h5-6,9-10,13H,7-8,11H2,1-4H3,(H2,17,18,19);1H. The van der Waals surface area contributed by atoms with Gasteiger partial charge in [0.15, 0.2) is 5.96 Å². The van der Waals surface area contributed by atoms with Crippen molar-refractivity contribution in [1.29, 1.82) is 0 Å². The van der Waals surface area contributed by atoms with Gasteiger partial charge in [0.25, 0.3) is 0 Å². The zero-order chi connectivity index (χ0) is 15.9. The fourth-order valence-corrected chi connectivity index (χ4v) is 2.35. The maximum Gasteiger partial charge on any atom is 0.191 e. The van der Waals surface area contributed by atoms with Crippen LogP contribution in [-0.4, -0.2) is 48.7 Å². The molecule has 2 aromatic rings. The predicted molar refractivity (Wildman–Crippen MR) is 105 cm³/mol. The second-order valence-corrected chi connectivity index (χ2v) is 5.40. The number of fused-ring (bicyclic) bond motifs is 1. The van der Waals surface area contributed by atoms with E-state index in [1.54, 1.807) is 14.2 Å². The molecule has 0 radical (unpaired) electrons. The Morgan fingerprint density at radius 1 is 1.48 bits per heavy atom. The van der Waals surface area contributed by atoms with Crippen LogP contribution in [0, 0.1) is 6.92 Å². The van der Waals surface area contributed by atoms with Gasteiger partial charge in [-0.3, -0.25) is 4.99 Å². The van der Waals surface area contributed by atoms with Gasteiger partial charge in [0.2, 0.25) is 0 Å². The molecule has 0 aliphatic rings. The molecule has 128 valence electrons.